The molecule has 0 aromatic heterocycles. The lowest BCUT2D eigenvalue weighted by Gasteiger charge is -2.19. The Hall–Kier alpha value is -2.53. The van der Waals surface area contributed by atoms with Gasteiger partial charge in [-0.3, -0.25) is 4.79 Å². The van der Waals surface area contributed by atoms with Crippen LogP contribution in [0.4, 0.5) is 5.69 Å². The van der Waals surface area contributed by atoms with E-state index in [2.05, 4.69) is 5.32 Å². The Labute approximate surface area is 164 Å². The van der Waals surface area contributed by atoms with Crippen LogP contribution in [0.5, 0.6) is 5.75 Å². The first-order valence-electron chi connectivity index (χ1n) is 8.88. The first kappa shape index (κ1) is 20.8. The van der Waals surface area contributed by atoms with E-state index in [-0.39, 0.29) is 17.6 Å². The molecule has 0 saturated carbocycles. The summed E-state index contributed by atoms with van der Waals surface area (Å²) < 4.78 is 6.00. The summed E-state index contributed by atoms with van der Waals surface area (Å²) in [5.74, 6) is -0.744. The number of carboxylic acids is 1. The molecule has 0 atom stereocenters. The number of aryl methyl sites for hydroxylation is 1. The number of ether oxygens (including phenoxy) is 1. The number of amides is 1. The van der Waals surface area contributed by atoms with Crippen LogP contribution >= 0.6 is 11.6 Å². The average Bonchev–Trinajstić information content (AvgIpc) is 2.62. The molecule has 2 aromatic carbocycles. The standard InChI is InChI=1S/C21H24ClNO4/c1-5-16(6-2)27-19-11-14(10-18(22)13(19)4)20(24)23-15-7-8-17(21(25)26)12(3)9-15/h7-11,16H,5-6H2,1-4H3,(H,23,24)(H,25,26). The van der Waals surface area contributed by atoms with Crippen LogP contribution in [0.15, 0.2) is 30.3 Å². The van der Waals surface area contributed by atoms with Gasteiger partial charge in [0.1, 0.15) is 5.75 Å². The van der Waals surface area contributed by atoms with E-state index < -0.39 is 5.97 Å². The molecule has 144 valence electrons. The molecule has 0 unspecified atom stereocenters. The van der Waals surface area contributed by atoms with E-state index in [1.165, 1.54) is 6.07 Å². The van der Waals surface area contributed by atoms with E-state index in [0.717, 1.165) is 18.4 Å². The molecular weight excluding hydrogens is 366 g/mol. The number of benzene rings is 2. The molecule has 0 aliphatic rings. The Bertz CT molecular complexity index is 860. The van der Waals surface area contributed by atoms with Crippen molar-refractivity contribution in [3.05, 3.63) is 57.6 Å². The van der Waals surface area contributed by atoms with Crippen molar-refractivity contribution in [3.8, 4) is 5.75 Å². The molecule has 6 heteroatoms. The second kappa shape index (κ2) is 8.91. The lowest BCUT2D eigenvalue weighted by Crippen LogP contribution is -2.16. The van der Waals surface area contributed by atoms with Gasteiger partial charge in [-0.2, -0.15) is 0 Å². The van der Waals surface area contributed by atoms with E-state index in [9.17, 15) is 9.59 Å². The maximum Gasteiger partial charge on any atom is 0.335 e. The summed E-state index contributed by atoms with van der Waals surface area (Å²) in [6.07, 6.45) is 1.78. The van der Waals surface area contributed by atoms with Gasteiger partial charge in [0.25, 0.3) is 5.91 Å². The van der Waals surface area contributed by atoms with E-state index in [1.807, 2.05) is 20.8 Å². The van der Waals surface area contributed by atoms with Gasteiger partial charge in [-0.1, -0.05) is 25.4 Å². The smallest absolute Gasteiger partial charge is 0.335 e. The average molecular weight is 390 g/mol. The Balaban J connectivity index is 2.27. The number of nitrogens with one attached hydrogen (secondary N) is 1. The van der Waals surface area contributed by atoms with Gasteiger partial charge < -0.3 is 15.2 Å². The van der Waals surface area contributed by atoms with Gasteiger partial charge in [-0.25, -0.2) is 4.79 Å². The minimum Gasteiger partial charge on any atom is -0.490 e. The second-order valence-corrected chi connectivity index (χ2v) is 6.83. The van der Waals surface area contributed by atoms with Gasteiger partial charge in [0.2, 0.25) is 0 Å². The molecule has 5 nitrogen and oxygen atoms in total. The van der Waals surface area contributed by atoms with Gasteiger partial charge in [0, 0.05) is 21.8 Å². The Morgan fingerprint density at radius 3 is 2.37 bits per heavy atom. The fourth-order valence-electron chi connectivity index (χ4n) is 2.73. The van der Waals surface area contributed by atoms with Crippen molar-refractivity contribution in [2.45, 2.75) is 46.6 Å². The number of hydrogen-bond acceptors (Lipinski definition) is 3. The summed E-state index contributed by atoms with van der Waals surface area (Å²) in [4.78, 5) is 23.7. The quantitative estimate of drug-likeness (QED) is 0.657. The lowest BCUT2D eigenvalue weighted by molar-refractivity contribution is 0.0696. The highest BCUT2D eigenvalue weighted by Crippen LogP contribution is 2.30. The summed E-state index contributed by atoms with van der Waals surface area (Å²) in [6, 6.07) is 7.94. The van der Waals surface area contributed by atoms with E-state index in [1.54, 1.807) is 31.2 Å². The van der Waals surface area contributed by atoms with Crippen LogP contribution in [0, 0.1) is 13.8 Å². The summed E-state index contributed by atoms with van der Waals surface area (Å²) in [7, 11) is 0. The summed E-state index contributed by atoms with van der Waals surface area (Å²) >= 11 is 6.29. The maximum absolute atomic E-state index is 12.6. The molecule has 0 spiro atoms. The highest BCUT2D eigenvalue weighted by atomic mass is 35.5. The topological polar surface area (TPSA) is 75.6 Å². The van der Waals surface area contributed by atoms with Crippen LogP contribution in [0.3, 0.4) is 0 Å². The number of carboxylic acid groups (broad SMARTS) is 1. The number of rotatable bonds is 7. The number of halogens is 1. The molecule has 27 heavy (non-hydrogen) atoms. The Morgan fingerprint density at radius 1 is 1.15 bits per heavy atom. The zero-order chi connectivity index (χ0) is 20.1. The van der Waals surface area contributed by atoms with Gasteiger partial charge >= 0.3 is 5.97 Å². The largest absolute Gasteiger partial charge is 0.490 e. The molecule has 0 heterocycles. The van der Waals surface area contributed by atoms with E-state index in [4.69, 9.17) is 21.4 Å². The van der Waals surface area contributed by atoms with Crippen LogP contribution in [0.2, 0.25) is 5.02 Å². The van der Waals surface area contributed by atoms with Gasteiger partial charge in [-0.15, -0.1) is 0 Å². The van der Waals surface area contributed by atoms with Crippen molar-refractivity contribution >= 4 is 29.2 Å². The maximum atomic E-state index is 12.6. The summed E-state index contributed by atoms with van der Waals surface area (Å²) in [5, 5.41) is 12.3. The van der Waals surface area contributed by atoms with Crippen LogP contribution in [-0.2, 0) is 0 Å². The Kier molecular flexibility index (Phi) is 6.86. The summed E-state index contributed by atoms with van der Waals surface area (Å²) in [6.45, 7) is 7.63. The fraction of sp³-hybridized carbons (Fsp3) is 0.333. The van der Waals surface area contributed by atoms with Gasteiger partial charge in [-0.05, 0) is 62.6 Å². The number of aromatic carboxylic acids is 1. The predicted octanol–water partition coefficient (Wildman–Crippen LogP) is 5.47. The third-order valence-electron chi connectivity index (χ3n) is 4.48. The molecule has 0 fully saturated rings. The number of carbonyl (C=O) groups is 2. The van der Waals surface area contributed by atoms with E-state index >= 15 is 0 Å². The number of hydrogen-bond donors (Lipinski definition) is 2. The third-order valence-corrected chi connectivity index (χ3v) is 4.87. The van der Waals surface area contributed by atoms with Crippen LogP contribution < -0.4 is 10.1 Å². The highest BCUT2D eigenvalue weighted by Gasteiger charge is 2.16. The number of anilines is 1. The van der Waals surface area contributed by atoms with Gasteiger partial charge in [0.15, 0.2) is 0 Å². The minimum atomic E-state index is -1.00. The molecule has 0 aliphatic heterocycles. The first-order chi connectivity index (χ1) is 12.8. The Morgan fingerprint density at radius 2 is 1.81 bits per heavy atom. The van der Waals surface area contributed by atoms with Crippen molar-refractivity contribution < 1.29 is 19.4 Å². The minimum absolute atomic E-state index is 0.0595. The normalized spacial score (nSPS) is 10.7. The molecular formula is C21H24ClNO4. The SMILES string of the molecule is CCC(CC)Oc1cc(C(=O)Nc2ccc(C(=O)O)c(C)c2)cc(Cl)c1C. The number of carbonyl (C=O) groups excluding carboxylic acids is 1. The molecule has 2 rings (SSSR count). The van der Waals surface area contributed by atoms with Crippen molar-refractivity contribution in [2.24, 2.45) is 0 Å². The van der Waals surface area contributed by atoms with Crippen LogP contribution in [0.1, 0.15) is 58.5 Å². The molecule has 2 aromatic rings. The molecule has 0 saturated heterocycles. The molecule has 1 amide bonds. The molecule has 0 aliphatic carbocycles. The molecule has 0 bridgehead atoms. The van der Waals surface area contributed by atoms with Crippen molar-refractivity contribution in [2.75, 3.05) is 5.32 Å². The third kappa shape index (κ3) is 5.01. The predicted molar refractivity (Wildman–Crippen MR) is 107 cm³/mol. The van der Waals surface area contributed by atoms with Crippen molar-refractivity contribution in [3.63, 3.8) is 0 Å². The lowest BCUT2D eigenvalue weighted by atomic mass is 10.1. The second-order valence-electron chi connectivity index (χ2n) is 6.43. The zero-order valence-electron chi connectivity index (χ0n) is 15.9. The van der Waals surface area contributed by atoms with Crippen LogP contribution in [0.25, 0.3) is 0 Å². The highest BCUT2D eigenvalue weighted by molar-refractivity contribution is 6.32. The van der Waals surface area contributed by atoms with Crippen molar-refractivity contribution in [1.29, 1.82) is 0 Å². The first-order valence-corrected chi connectivity index (χ1v) is 9.26. The molecule has 2 N–H and O–H groups in total. The van der Waals surface area contributed by atoms with Crippen molar-refractivity contribution in [1.82, 2.24) is 0 Å². The van der Waals surface area contributed by atoms with Gasteiger partial charge in [0.05, 0.1) is 11.7 Å². The van der Waals surface area contributed by atoms with Crippen LogP contribution in [-0.4, -0.2) is 23.1 Å². The van der Waals surface area contributed by atoms with E-state index in [0.29, 0.717) is 27.6 Å². The summed E-state index contributed by atoms with van der Waals surface area (Å²) in [5.41, 5.74) is 2.46. The fourth-order valence-corrected chi connectivity index (χ4v) is 2.94. The monoisotopic (exact) mass is 389 g/mol. The zero-order valence-corrected chi connectivity index (χ0v) is 16.7. The molecule has 0 radical (unpaired) electrons.